The number of aromatic nitrogens is 2. The van der Waals surface area contributed by atoms with Crippen LogP contribution in [0.25, 0.3) is 0 Å². The fraction of sp³-hybridized carbons (Fsp3) is 0.182. The van der Waals surface area contributed by atoms with Gasteiger partial charge in [0.2, 0.25) is 0 Å². The third kappa shape index (κ3) is 3.04. The minimum absolute atomic E-state index is 0.382. The van der Waals surface area contributed by atoms with Crippen LogP contribution in [-0.2, 0) is 5.75 Å². The second kappa shape index (κ2) is 5.29. The van der Waals surface area contributed by atoms with Crippen LogP contribution >= 0.6 is 23.1 Å². The van der Waals surface area contributed by atoms with Crippen LogP contribution in [0.4, 0.5) is 0 Å². The number of carboxylic acids is 1. The molecule has 17 heavy (non-hydrogen) atoms. The molecule has 1 N–H and O–H groups in total. The molecule has 0 saturated heterocycles. The Morgan fingerprint density at radius 1 is 1.47 bits per heavy atom. The molecule has 0 unspecified atom stereocenters. The lowest BCUT2D eigenvalue weighted by Gasteiger charge is -1.98. The first-order valence-electron chi connectivity index (χ1n) is 4.89. The Labute approximate surface area is 107 Å². The molecule has 0 spiro atoms. The van der Waals surface area contributed by atoms with E-state index in [1.165, 1.54) is 23.1 Å². The SMILES string of the molecule is Cc1sc(C(=O)O)cc1CSc1ncccn1. The normalized spacial score (nSPS) is 10.4. The molecule has 0 radical (unpaired) electrons. The van der Waals surface area contributed by atoms with E-state index in [0.29, 0.717) is 15.8 Å². The van der Waals surface area contributed by atoms with Crippen molar-refractivity contribution in [2.75, 3.05) is 0 Å². The molecule has 0 bridgehead atoms. The van der Waals surface area contributed by atoms with Crippen molar-refractivity contribution in [1.82, 2.24) is 9.97 Å². The summed E-state index contributed by atoms with van der Waals surface area (Å²) < 4.78 is 0. The quantitative estimate of drug-likeness (QED) is 0.681. The molecule has 2 rings (SSSR count). The summed E-state index contributed by atoms with van der Waals surface area (Å²) >= 11 is 2.81. The van der Waals surface area contributed by atoms with Gasteiger partial charge in [-0.3, -0.25) is 0 Å². The number of carbonyl (C=O) groups is 1. The van der Waals surface area contributed by atoms with E-state index in [0.717, 1.165) is 10.4 Å². The van der Waals surface area contributed by atoms with Crippen molar-refractivity contribution in [3.63, 3.8) is 0 Å². The molecule has 0 fully saturated rings. The first-order chi connectivity index (χ1) is 8.16. The Morgan fingerprint density at radius 2 is 2.18 bits per heavy atom. The zero-order chi connectivity index (χ0) is 12.3. The number of hydrogen-bond donors (Lipinski definition) is 1. The third-order valence-corrected chi connectivity index (χ3v) is 4.14. The summed E-state index contributed by atoms with van der Waals surface area (Å²) in [6.07, 6.45) is 3.39. The first kappa shape index (κ1) is 12.1. The van der Waals surface area contributed by atoms with Crippen LogP contribution in [0.15, 0.2) is 29.7 Å². The Hall–Kier alpha value is -1.40. The predicted molar refractivity (Wildman–Crippen MR) is 67.6 cm³/mol. The Morgan fingerprint density at radius 3 is 2.76 bits per heavy atom. The fourth-order valence-electron chi connectivity index (χ4n) is 1.27. The minimum atomic E-state index is -0.870. The van der Waals surface area contributed by atoms with Gasteiger partial charge in [0.1, 0.15) is 4.88 Å². The predicted octanol–water partition coefficient (Wildman–Crippen LogP) is 2.84. The molecule has 2 heterocycles. The molecule has 6 heteroatoms. The number of hydrogen-bond acceptors (Lipinski definition) is 5. The number of aromatic carboxylic acids is 1. The van der Waals surface area contributed by atoms with Gasteiger partial charge in [-0.1, -0.05) is 11.8 Å². The van der Waals surface area contributed by atoms with Crippen LogP contribution in [0.3, 0.4) is 0 Å². The van der Waals surface area contributed by atoms with E-state index in [1.54, 1.807) is 24.5 Å². The zero-order valence-corrected chi connectivity index (χ0v) is 10.7. The molecule has 0 aliphatic rings. The summed E-state index contributed by atoms with van der Waals surface area (Å²) in [4.78, 5) is 20.4. The van der Waals surface area contributed by atoms with Gasteiger partial charge in [0.15, 0.2) is 5.16 Å². The lowest BCUT2D eigenvalue weighted by atomic mass is 10.3. The summed E-state index contributed by atoms with van der Waals surface area (Å²) in [6.45, 7) is 1.93. The maximum Gasteiger partial charge on any atom is 0.345 e. The van der Waals surface area contributed by atoms with Crippen molar-refractivity contribution in [2.24, 2.45) is 0 Å². The Kier molecular flexibility index (Phi) is 3.75. The molecule has 0 aromatic carbocycles. The van der Waals surface area contributed by atoms with Gasteiger partial charge in [0, 0.05) is 23.0 Å². The molecule has 0 aliphatic carbocycles. The van der Waals surface area contributed by atoms with Crippen LogP contribution in [0.1, 0.15) is 20.1 Å². The van der Waals surface area contributed by atoms with Crippen molar-refractivity contribution in [1.29, 1.82) is 0 Å². The van der Waals surface area contributed by atoms with E-state index < -0.39 is 5.97 Å². The molecule has 0 atom stereocenters. The van der Waals surface area contributed by atoms with E-state index in [9.17, 15) is 4.79 Å². The molecule has 0 aliphatic heterocycles. The van der Waals surface area contributed by atoms with Gasteiger partial charge in [-0.05, 0) is 24.6 Å². The Bertz CT molecular complexity index is 526. The average Bonchev–Trinajstić information content (AvgIpc) is 2.70. The molecule has 0 saturated carbocycles. The van der Waals surface area contributed by atoms with Crippen molar-refractivity contribution < 1.29 is 9.90 Å². The zero-order valence-electron chi connectivity index (χ0n) is 9.08. The van der Waals surface area contributed by atoms with Crippen molar-refractivity contribution in [3.8, 4) is 0 Å². The van der Waals surface area contributed by atoms with Crippen molar-refractivity contribution in [3.05, 3.63) is 39.8 Å². The van der Waals surface area contributed by atoms with E-state index in [4.69, 9.17) is 5.11 Å². The van der Waals surface area contributed by atoms with Crippen LogP contribution in [0, 0.1) is 6.92 Å². The lowest BCUT2D eigenvalue weighted by molar-refractivity contribution is 0.0702. The minimum Gasteiger partial charge on any atom is -0.477 e. The van der Waals surface area contributed by atoms with E-state index in [-0.39, 0.29) is 0 Å². The highest BCUT2D eigenvalue weighted by Gasteiger charge is 2.11. The summed E-state index contributed by atoms with van der Waals surface area (Å²) in [7, 11) is 0. The molecular formula is C11H10N2O2S2. The summed E-state index contributed by atoms with van der Waals surface area (Å²) in [5.74, 6) is -0.176. The first-order valence-corrected chi connectivity index (χ1v) is 6.69. The number of nitrogens with zero attached hydrogens (tertiary/aromatic N) is 2. The number of aryl methyl sites for hydroxylation is 1. The molecule has 88 valence electrons. The largest absolute Gasteiger partial charge is 0.477 e. The summed E-state index contributed by atoms with van der Waals surface area (Å²) in [5, 5.41) is 9.59. The topological polar surface area (TPSA) is 63.1 Å². The van der Waals surface area contributed by atoms with Gasteiger partial charge in [-0.2, -0.15) is 0 Å². The van der Waals surface area contributed by atoms with Gasteiger partial charge >= 0.3 is 5.97 Å². The van der Waals surface area contributed by atoms with E-state index in [2.05, 4.69) is 9.97 Å². The molecule has 0 amide bonds. The maximum atomic E-state index is 10.8. The summed E-state index contributed by atoms with van der Waals surface area (Å²) in [5.41, 5.74) is 1.03. The van der Waals surface area contributed by atoms with Gasteiger partial charge < -0.3 is 5.11 Å². The van der Waals surface area contributed by atoms with Gasteiger partial charge in [-0.15, -0.1) is 11.3 Å². The third-order valence-electron chi connectivity index (χ3n) is 2.13. The van der Waals surface area contributed by atoms with Crippen molar-refractivity contribution >= 4 is 29.1 Å². The highest BCUT2D eigenvalue weighted by Crippen LogP contribution is 2.27. The van der Waals surface area contributed by atoms with Gasteiger partial charge in [0.05, 0.1) is 0 Å². The number of thiophene rings is 1. The standard InChI is InChI=1S/C11H10N2O2S2/c1-7-8(5-9(17-7)10(14)15)6-16-11-12-3-2-4-13-11/h2-5H,6H2,1H3,(H,14,15). The monoisotopic (exact) mass is 266 g/mol. The van der Waals surface area contributed by atoms with E-state index in [1.807, 2.05) is 6.92 Å². The molecule has 4 nitrogen and oxygen atoms in total. The van der Waals surface area contributed by atoms with Crippen LogP contribution in [0.5, 0.6) is 0 Å². The molecule has 2 aromatic heterocycles. The average molecular weight is 266 g/mol. The number of thioether (sulfide) groups is 1. The second-order valence-corrected chi connectivity index (χ2v) is 5.52. The Balaban J connectivity index is 2.07. The number of carboxylic acid groups (broad SMARTS) is 1. The summed E-state index contributed by atoms with van der Waals surface area (Å²) in [6, 6.07) is 3.49. The van der Waals surface area contributed by atoms with Gasteiger partial charge in [0.25, 0.3) is 0 Å². The fourth-order valence-corrected chi connectivity index (χ4v) is 3.10. The lowest BCUT2D eigenvalue weighted by Crippen LogP contribution is -1.90. The maximum absolute atomic E-state index is 10.8. The smallest absolute Gasteiger partial charge is 0.345 e. The van der Waals surface area contributed by atoms with Crippen LogP contribution < -0.4 is 0 Å². The highest BCUT2D eigenvalue weighted by molar-refractivity contribution is 7.98. The van der Waals surface area contributed by atoms with Crippen molar-refractivity contribution in [2.45, 2.75) is 17.8 Å². The van der Waals surface area contributed by atoms with Gasteiger partial charge in [-0.25, -0.2) is 14.8 Å². The number of rotatable bonds is 4. The van der Waals surface area contributed by atoms with Crippen LogP contribution in [-0.4, -0.2) is 21.0 Å². The second-order valence-electron chi connectivity index (χ2n) is 3.32. The highest BCUT2D eigenvalue weighted by atomic mass is 32.2. The molecule has 2 aromatic rings. The van der Waals surface area contributed by atoms with E-state index >= 15 is 0 Å². The van der Waals surface area contributed by atoms with Crippen LogP contribution in [0.2, 0.25) is 0 Å². The molecular weight excluding hydrogens is 256 g/mol.